The van der Waals surface area contributed by atoms with Crippen LogP contribution in [-0.2, 0) is 6.42 Å². The largest absolute Gasteiger partial charge is 0.377 e. The lowest BCUT2D eigenvalue weighted by molar-refractivity contribution is 0.960. The number of nitriles is 1. The van der Waals surface area contributed by atoms with Crippen molar-refractivity contribution in [2.24, 2.45) is 0 Å². The van der Waals surface area contributed by atoms with Crippen LogP contribution in [0.5, 0.6) is 0 Å². The molecule has 0 N–H and O–H groups in total. The number of para-hydroxylation sites is 1. The van der Waals surface area contributed by atoms with E-state index >= 15 is 0 Å². The summed E-state index contributed by atoms with van der Waals surface area (Å²) in [6.07, 6.45) is 1.29. The predicted molar refractivity (Wildman–Crippen MR) is 74.7 cm³/mol. The van der Waals surface area contributed by atoms with E-state index in [1.807, 2.05) is 39.2 Å². The number of aromatic nitrogens is 1. The topological polar surface area (TPSA) is 39.9 Å². The Labute approximate surface area is 108 Å². The minimum atomic E-state index is 0.529. The first-order chi connectivity index (χ1) is 8.65. The summed E-state index contributed by atoms with van der Waals surface area (Å²) in [6, 6.07) is 10.4. The van der Waals surface area contributed by atoms with E-state index in [0.717, 1.165) is 23.0 Å². The Bertz CT molecular complexity index is 609. The normalized spacial score (nSPS) is 10.3. The molecule has 0 amide bonds. The Balaban J connectivity index is 2.71. The fourth-order valence-corrected chi connectivity index (χ4v) is 2.34. The number of rotatable bonds is 3. The second-order valence-electron chi connectivity index (χ2n) is 4.59. The zero-order valence-corrected chi connectivity index (χ0v) is 11.1. The number of benzene rings is 1. The van der Waals surface area contributed by atoms with Crippen LogP contribution in [0.1, 0.15) is 17.7 Å². The van der Waals surface area contributed by atoms with Crippen LogP contribution in [0.2, 0.25) is 0 Å². The molecule has 0 aliphatic rings. The molecular formula is C15H17N3. The zero-order chi connectivity index (χ0) is 13.1. The van der Waals surface area contributed by atoms with Crippen LogP contribution in [0.3, 0.4) is 0 Å². The van der Waals surface area contributed by atoms with Crippen molar-refractivity contribution in [2.75, 3.05) is 19.0 Å². The number of hydrogen-bond acceptors (Lipinski definition) is 3. The maximum atomic E-state index is 8.78. The van der Waals surface area contributed by atoms with E-state index < -0.39 is 0 Å². The summed E-state index contributed by atoms with van der Waals surface area (Å²) in [5.41, 5.74) is 4.40. The van der Waals surface area contributed by atoms with E-state index in [1.54, 1.807) is 0 Å². The quantitative estimate of drug-likeness (QED) is 0.826. The average Bonchev–Trinajstić information content (AvgIpc) is 2.35. The lowest BCUT2D eigenvalue weighted by Gasteiger charge is -2.21. The minimum absolute atomic E-state index is 0.529. The van der Waals surface area contributed by atoms with E-state index in [1.165, 1.54) is 11.3 Å². The van der Waals surface area contributed by atoms with Gasteiger partial charge in [0.1, 0.15) is 0 Å². The molecule has 1 aromatic heterocycles. The van der Waals surface area contributed by atoms with Gasteiger partial charge in [0.2, 0.25) is 0 Å². The molecule has 0 saturated heterocycles. The first kappa shape index (κ1) is 12.4. The van der Waals surface area contributed by atoms with Gasteiger partial charge in [-0.3, -0.25) is 4.98 Å². The molecule has 0 aliphatic carbocycles. The van der Waals surface area contributed by atoms with Gasteiger partial charge in [-0.1, -0.05) is 18.2 Å². The van der Waals surface area contributed by atoms with Crippen molar-refractivity contribution in [1.29, 1.82) is 5.26 Å². The van der Waals surface area contributed by atoms with Crippen molar-refractivity contribution in [3.05, 3.63) is 35.5 Å². The second-order valence-corrected chi connectivity index (χ2v) is 4.59. The molecule has 1 heterocycles. The molecule has 0 radical (unpaired) electrons. The number of aryl methyl sites for hydroxylation is 1. The molecular weight excluding hydrogens is 222 g/mol. The van der Waals surface area contributed by atoms with Crippen molar-refractivity contribution >= 4 is 16.6 Å². The monoisotopic (exact) mass is 239 g/mol. The molecule has 0 bridgehead atoms. The van der Waals surface area contributed by atoms with Crippen LogP contribution in [0.25, 0.3) is 10.9 Å². The Kier molecular flexibility index (Phi) is 3.47. The van der Waals surface area contributed by atoms with Crippen LogP contribution in [0.15, 0.2) is 24.3 Å². The number of nitrogens with zero attached hydrogens (tertiary/aromatic N) is 3. The van der Waals surface area contributed by atoms with Crippen LogP contribution in [0.4, 0.5) is 5.69 Å². The van der Waals surface area contributed by atoms with Crippen molar-refractivity contribution in [1.82, 2.24) is 4.98 Å². The van der Waals surface area contributed by atoms with Gasteiger partial charge >= 0.3 is 0 Å². The smallest absolute Gasteiger partial charge is 0.0726 e. The van der Waals surface area contributed by atoms with Gasteiger partial charge < -0.3 is 4.90 Å². The van der Waals surface area contributed by atoms with Crippen LogP contribution < -0.4 is 4.90 Å². The SMILES string of the molecule is Cc1nc2ccccc2c(N(C)C)c1CCC#N. The third-order valence-corrected chi connectivity index (χ3v) is 3.10. The summed E-state index contributed by atoms with van der Waals surface area (Å²) >= 11 is 0. The molecule has 3 nitrogen and oxygen atoms in total. The van der Waals surface area contributed by atoms with Crippen LogP contribution in [0, 0.1) is 18.3 Å². The Hall–Kier alpha value is -2.08. The van der Waals surface area contributed by atoms with Gasteiger partial charge in [0, 0.05) is 31.6 Å². The molecule has 1 aromatic carbocycles. The molecule has 0 saturated carbocycles. The summed E-state index contributed by atoms with van der Waals surface area (Å²) in [5, 5.41) is 9.93. The van der Waals surface area contributed by atoms with E-state index in [0.29, 0.717) is 6.42 Å². The summed E-state index contributed by atoms with van der Waals surface area (Å²) < 4.78 is 0. The highest BCUT2D eigenvalue weighted by atomic mass is 15.1. The summed E-state index contributed by atoms with van der Waals surface area (Å²) in [6.45, 7) is 2.02. The first-order valence-electron chi connectivity index (χ1n) is 6.07. The Morgan fingerprint density at radius 2 is 2.00 bits per heavy atom. The molecule has 18 heavy (non-hydrogen) atoms. The molecule has 0 fully saturated rings. The van der Waals surface area contributed by atoms with Gasteiger partial charge in [0.25, 0.3) is 0 Å². The van der Waals surface area contributed by atoms with Crippen LogP contribution in [-0.4, -0.2) is 19.1 Å². The van der Waals surface area contributed by atoms with Gasteiger partial charge in [0.15, 0.2) is 0 Å². The molecule has 0 spiro atoms. The Morgan fingerprint density at radius 3 is 2.67 bits per heavy atom. The third-order valence-electron chi connectivity index (χ3n) is 3.10. The molecule has 3 heteroatoms. The number of hydrogen-bond donors (Lipinski definition) is 0. The lowest BCUT2D eigenvalue weighted by Crippen LogP contribution is -2.14. The molecule has 2 aromatic rings. The van der Waals surface area contributed by atoms with Crippen molar-refractivity contribution < 1.29 is 0 Å². The number of pyridine rings is 1. The highest BCUT2D eigenvalue weighted by molar-refractivity contribution is 5.93. The third kappa shape index (κ3) is 2.14. The highest BCUT2D eigenvalue weighted by Crippen LogP contribution is 2.31. The lowest BCUT2D eigenvalue weighted by atomic mass is 10.0. The van der Waals surface area contributed by atoms with Gasteiger partial charge in [-0.05, 0) is 25.0 Å². The molecule has 0 unspecified atom stereocenters. The van der Waals surface area contributed by atoms with Crippen molar-refractivity contribution in [3.8, 4) is 6.07 Å². The van der Waals surface area contributed by atoms with E-state index in [2.05, 4.69) is 22.0 Å². The van der Waals surface area contributed by atoms with Gasteiger partial charge in [-0.25, -0.2) is 0 Å². The molecule has 92 valence electrons. The fraction of sp³-hybridized carbons (Fsp3) is 0.333. The maximum Gasteiger partial charge on any atom is 0.0726 e. The van der Waals surface area contributed by atoms with E-state index in [-0.39, 0.29) is 0 Å². The van der Waals surface area contributed by atoms with Gasteiger partial charge in [-0.15, -0.1) is 0 Å². The van der Waals surface area contributed by atoms with E-state index in [4.69, 9.17) is 5.26 Å². The average molecular weight is 239 g/mol. The number of anilines is 1. The highest BCUT2D eigenvalue weighted by Gasteiger charge is 2.13. The van der Waals surface area contributed by atoms with E-state index in [9.17, 15) is 0 Å². The van der Waals surface area contributed by atoms with Crippen molar-refractivity contribution in [3.63, 3.8) is 0 Å². The molecule has 0 aliphatic heterocycles. The maximum absolute atomic E-state index is 8.78. The summed E-state index contributed by atoms with van der Waals surface area (Å²) in [4.78, 5) is 6.75. The van der Waals surface area contributed by atoms with Crippen LogP contribution >= 0.6 is 0 Å². The standard InChI is InChI=1S/C15H17N3/c1-11-12(8-6-10-16)15(18(2)3)13-7-4-5-9-14(13)17-11/h4-5,7,9H,6,8H2,1-3H3. The second kappa shape index (κ2) is 5.05. The fourth-order valence-electron chi connectivity index (χ4n) is 2.34. The van der Waals surface area contributed by atoms with Gasteiger partial charge in [-0.2, -0.15) is 5.26 Å². The molecule has 0 atom stereocenters. The minimum Gasteiger partial charge on any atom is -0.377 e. The Morgan fingerprint density at radius 1 is 1.28 bits per heavy atom. The van der Waals surface area contributed by atoms with Gasteiger partial charge in [0.05, 0.1) is 17.3 Å². The first-order valence-corrected chi connectivity index (χ1v) is 6.07. The number of fused-ring (bicyclic) bond motifs is 1. The predicted octanol–water partition coefficient (Wildman–Crippen LogP) is 3.07. The molecule has 2 rings (SSSR count). The zero-order valence-electron chi connectivity index (χ0n) is 11.1. The summed E-state index contributed by atoms with van der Waals surface area (Å²) in [7, 11) is 4.08. The van der Waals surface area contributed by atoms with Crippen molar-refractivity contribution in [2.45, 2.75) is 19.8 Å². The summed E-state index contributed by atoms with van der Waals surface area (Å²) in [5.74, 6) is 0.